The lowest BCUT2D eigenvalue weighted by Crippen LogP contribution is -2.08. The number of phenols is 1. The molecule has 7 heteroatoms. The van der Waals surface area contributed by atoms with Crippen LogP contribution in [0.3, 0.4) is 0 Å². The van der Waals surface area contributed by atoms with Crippen molar-refractivity contribution < 1.29 is 24.2 Å². The number of rotatable bonds is 5. The van der Waals surface area contributed by atoms with Crippen LogP contribution in [0.4, 0.5) is 5.69 Å². The number of carbonyl (C=O) groups is 2. The standard InChI is InChI=1S/C21H16ClNO5/c1-12-2-3-13(10-17(12)22)19-8-5-15(28-19)6-9-20(25)23-14-4-7-16(21(26)27)18(24)11-14/h2-11,24H,1H3,(H,23,25)(H,26,27)/b9-6+. The van der Waals surface area contributed by atoms with E-state index in [1.807, 2.05) is 25.1 Å². The van der Waals surface area contributed by atoms with Crippen LogP contribution in [0.2, 0.25) is 5.02 Å². The van der Waals surface area contributed by atoms with Gasteiger partial charge in [0.15, 0.2) is 0 Å². The number of benzene rings is 2. The van der Waals surface area contributed by atoms with Crippen molar-refractivity contribution in [2.45, 2.75) is 6.92 Å². The van der Waals surface area contributed by atoms with Gasteiger partial charge in [-0.2, -0.15) is 0 Å². The Morgan fingerprint density at radius 1 is 1.11 bits per heavy atom. The Labute approximate surface area is 165 Å². The second-order valence-corrected chi connectivity index (χ2v) is 6.43. The van der Waals surface area contributed by atoms with Crippen molar-refractivity contribution in [3.8, 4) is 17.1 Å². The molecule has 2 aromatic carbocycles. The largest absolute Gasteiger partial charge is 0.507 e. The Morgan fingerprint density at radius 3 is 2.57 bits per heavy atom. The fourth-order valence-corrected chi connectivity index (χ4v) is 2.66. The summed E-state index contributed by atoms with van der Waals surface area (Å²) in [7, 11) is 0. The molecule has 28 heavy (non-hydrogen) atoms. The van der Waals surface area contributed by atoms with E-state index < -0.39 is 17.6 Å². The van der Waals surface area contributed by atoms with Gasteiger partial charge in [-0.05, 0) is 48.9 Å². The van der Waals surface area contributed by atoms with Crippen LogP contribution in [0.25, 0.3) is 17.4 Å². The third kappa shape index (κ3) is 4.42. The van der Waals surface area contributed by atoms with Gasteiger partial charge in [0.05, 0.1) is 0 Å². The summed E-state index contributed by atoms with van der Waals surface area (Å²) in [5.74, 6) is -1.04. The smallest absolute Gasteiger partial charge is 0.339 e. The summed E-state index contributed by atoms with van der Waals surface area (Å²) in [6.45, 7) is 1.91. The number of aromatic carboxylic acids is 1. The number of nitrogens with one attached hydrogen (secondary N) is 1. The average molecular weight is 398 g/mol. The lowest BCUT2D eigenvalue weighted by molar-refractivity contribution is -0.111. The van der Waals surface area contributed by atoms with E-state index in [-0.39, 0.29) is 11.3 Å². The number of furan rings is 1. The van der Waals surface area contributed by atoms with E-state index in [4.69, 9.17) is 21.1 Å². The van der Waals surface area contributed by atoms with Crippen LogP contribution in [-0.2, 0) is 4.79 Å². The van der Waals surface area contributed by atoms with Gasteiger partial charge in [-0.15, -0.1) is 0 Å². The second-order valence-electron chi connectivity index (χ2n) is 6.03. The molecule has 0 aliphatic carbocycles. The highest BCUT2D eigenvalue weighted by Crippen LogP contribution is 2.27. The Kier molecular flexibility index (Phi) is 5.52. The van der Waals surface area contributed by atoms with Crippen molar-refractivity contribution in [1.29, 1.82) is 0 Å². The van der Waals surface area contributed by atoms with Gasteiger partial charge in [0, 0.05) is 28.4 Å². The highest BCUT2D eigenvalue weighted by atomic mass is 35.5. The van der Waals surface area contributed by atoms with Crippen LogP contribution in [0.5, 0.6) is 5.75 Å². The molecular formula is C21H16ClNO5. The first kappa shape index (κ1) is 19.3. The molecule has 3 rings (SSSR count). The molecule has 6 nitrogen and oxygen atoms in total. The molecule has 0 aliphatic heterocycles. The van der Waals surface area contributed by atoms with Gasteiger partial charge in [0.1, 0.15) is 22.8 Å². The monoisotopic (exact) mass is 397 g/mol. The van der Waals surface area contributed by atoms with Crippen molar-refractivity contribution in [2.75, 3.05) is 5.32 Å². The van der Waals surface area contributed by atoms with Gasteiger partial charge in [-0.1, -0.05) is 23.7 Å². The first-order valence-corrected chi connectivity index (χ1v) is 8.63. The van der Waals surface area contributed by atoms with E-state index in [2.05, 4.69) is 5.32 Å². The summed E-state index contributed by atoms with van der Waals surface area (Å²) in [6, 6.07) is 12.9. The average Bonchev–Trinajstić information content (AvgIpc) is 3.11. The maximum atomic E-state index is 12.0. The molecule has 0 saturated heterocycles. The Hall–Kier alpha value is -3.51. The predicted molar refractivity (Wildman–Crippen MR) is 107 cm³/mol. The molecule has 0 bridgehead atoms. The molecule has 142 valence electrons. The number of hydrogen-bond acceptors (Lipinski definition) is 4. The lowest BCUT2D eigenvalue weighted by atomic mass is 10.1. The van der Waals surface area contributed by atoms with Crippen LogP contribution >= 0.6 is 11.6 Å². The van der Waals surface area contributed by atoms with Gasteiger partial charge in [0.2, 0.25) is 5.91 Å². The third-order valence-electron chi connectivity index (χ3n) is 3.98. The van der Waals surface area contributed by atoms with Crippen LogP contribution in [0.1, 0.15) is 21.7 Å². The Morgan fingerprint density at radius 2 is 1.89 bits per heavy atom. The van der Waals surface area contributed by atoms with Crippen molar-refractivity contribution >= 4 is 35.2 Å². The highest BCUT2D eigenvalue weighted by Gasteiger charge is 2.10. The molecule has 0 fully saturated rings. The number of aromatic hydroxyl groups is 1. The summed E-state index contributed by atoms with van der Waals surface area (Å²) in [4.78, 5) is 22.9. The Bertz CT molecular complexity index is 1080. The van der Waals surface area contributed by atoms with Crippen LogP contribution in [0, 0.1) is 6.92 Å². The van der Waals surface area contributed by atoms with Gasteiger partial charge < -0.3 is 19.9 Å². The fraction of sp³-hybridized carbons (Fsp3) is 0.0476. The molecule has 0 unspecified atom stereocenters. The van der Waals surface area contributed by atoms with Gasteiger partial charge in [-0.3, -0.25) is 4.79 Å². The van der Waals surface area contributed by atoms with E-state index >= 15 is 0 Å². The first-order chi connectivity index (χ1) is 13.3. The second kappa shape index (κ2) is 8.02. The minimum absolute atomic E-state index is 0.243. The first-order valence-electron chi connectivity index (χ1n) is 8.25. The zero-order chi connectivity index (χ0) is 20.3. The summed E-state index contributed by atoms with van der Waals surface area (Å²) in [5.41, 5.74) is 1.82. The summed E-state index contributed by atoms with van der Waals surface area (Å²) < 4.78 is 5.70. The SMILES string of the molecule is Cc1ccc(-c2ccc(/C=C/C(=O)Nc3ccc(C(=O)O)c(O)c3)o2)cc1Cl. The maximum absolute atomic E-state index is 12.0. The van der Waals surface area contributed by atoms with Crippen LogP contribution < -0.4 is 5.32 Å². The number of carboxylic acids is 1. The van der Waals surface area contributed by atoms with Crippen LogP contribution in [0.15, 0.2) is 59.0 Å². The highest BCUT2D eigenvalue weighted by molar-refractivity contribution is 6.31. The van der Waals surface area contributed by atoms with E-state index in [9.17, 15) is 14.7 Å². The van der Waals surface area contributed by atoms with Gasteiger partial charge in [0.25, 0.3) is 0 Å². The molecule has 0 aliphatic rings. The van der Waals surface area contributed by atoms with Gasteiger partial charge in [-0.25, -0.2) is 4.79 Å². The van der Waals surface area contributed by atoms with E-state index in [0.717, 1.165) is 11.1 Å². The molecule has 0 saturated carbocycles. The van der Waals surface area contributed by atoms with Crippen molar-refractivity contribution in [1.82, 2.24) is 0 Å². The molecule has 1 heterocycles. The number of halogens is 1. The zero-order valence-electron chi connectivity index (χ0n) is 14.8. The normalized spacial score (nSPS) is 10.9. The number of amides is 1. The molecule has 1 amide bonds. The predicted octanol–water partition coefficient (Wildman–Crippen LogP) is 4.96. The van der Waals surface area contributed by atoms with Crippen molar-refractivity contribution in [2.24, 2.45) is 0 Å². The van der Waals surface area contributed by atoms with Crippen molar-refractivity contribution in [3.63, 3.8) is 0 Å². The number of carboxylic acid groups (broad SMARTS) is 1. The fourth-order valence-electron chi connectivity index (χ4n) is 2.48. The molecular weight excluding hydrogens is 382 g/mol. The van der Waals surface area contributed by atoms with E-state index in [1.165, 1.54) is 30.4 Å². The molecule has 0 atom stereocenters. The quantitative estimate of drug-likeness (QED) is 0.528. The molecule has 3 N–H and O–H groups in total. The minimum Gasteiger partial charge on any atom is -0.507 e. The summed E-state index contributed by atoms with van der Waals surface area (Å²) in [6.07, 6.45) is 2.77. The zero-order valence-corrected chi connectivity index (χ0v) is 15.5. The number of hydrogen-bond donors (Lipinski definition) is 3. The number of aryl methyl sites for hydroxylation is 1. The summed E-state index contributed by atoms with van der Waals surface area (Å²) in [5, 5.41) is 21.7. The lowest BCUT2D eigenvalue weighted by Gasteiger charge is -2.04. The summed E-state index contributed by atoms with van der Waals surface area (Å²) >= 11 is 6.13. The van der Waals surface area contributed by atoms with E-state index in [1.54, 1.807) is 12.1 Å². The third-order valence-corrected chi connectivity index (χ3v) is 4.38. The number of anilines is 1. The van der Waals surface area contributed by atoms with E-state index in [0.29, 0.717) is 16.5 Å². The molecule has 3 aromatic rings. The molecule has 0 radical (unpaired) electrons. The van der Waals surface area contributed by atoms with Gasteiger partial charge >= 0.3 is 5.97 Å². The Balaban J connectivity index is 1.68. The van der Waals surface area contributed by atoms with Crippen molar-refractivity contribution in [3.05, 3.63) is 76.5 Å². The minimum atomic E-state index is -1.25. The number of carbonyl (C=O) groups excluding carboxylic acids is 1. The molecule has 1 aromatic heterocycles. The van der Waals surface area contributed by atoms with Crippen LogP contribution in [-0.4, -0.2) is 22.1 Å². The molecule has 0 spiro atoms. The topological polar surface area (TPSA) is 99.8 Å². The maximum Gasteiger partial charge on any atom is 0.339 e.